The van der Waals surface area contributed by atoms with Crippen LogP contribution in [0.5, 0.6) is 0 Å². The van der Waals surface area contributed by atoms with Crippen molar-refractivity contribution in [3.8, 4) is 5.69 Å². The maximum absolute atomic E-state index is 12.3. The number of benzene rings is 1. The normalized spacial score (nSPS) is 24.2. The van der Waals surface area contributed by atoms with Gasteiger partial charge in [-0.05, 0) is 55.4 Å². The second kappa shape index (κ2) is 6.66. The van der Waals surface area contributed by atoms with Crippen molar-refractivity contribution >= 4 is 17.5 Å². The molecular formula is C18H21N5O2. The zero-order valence-electron chi connectivity index (χ0n) is 13.9. The van der Waals surface area contributed by atoms with Crippen LogP contribution in [0.15, 0.2) is 36.9 Å². The summed E-state index contributed by atoms with van der Waals surface area (Å²) in [5.41, 5.74) is 1.54. The molecule has 2 N–H and O–H groups in total. The van der Waals surface area contributed by atoms with E-state index in [4.69, 9.17) is 0 Å². The Hall–Kier alpha value is -2.70. The Morgan fingerprint density at radius 3 is 2.64 bits per heavy atom. The van der Waals surface area contributed by atoms with Crippen molar-refractivity contribution < 1.29 is 9.59 Å². The SMILES string of the molecule is O=C(CNC(=O)C1CC2CCC1C2)Nc1ccc(-n2cncn2)cc1. The fraction of sp³-hybridized carbons (Fsp3) is 0.444. The quantitative estimate of drug-likeness (QED) is 0.869. The van der Waals surface area contributed by atoms with Gasteiger partial charge in [-0.1, -0.05) is 6.42 Å². The Kier molecular flexibility index (Phi) is 4.21. The van der Waals surface area contributed by atoms with Crippen LogP contribution in [0, 0.1) is 17.8 Å². The maximum Gasteiger partial charge on any atom is 0.243 e. The predicted molar refractivity (Wildman–Crippen MR) is 91.9 cm³/mol. The molecule has 25 heavy (non-hydrogen) atoms. The fourth-order valence-corrected chi connectivity index (χ4v) is 4.11. The molecule has 2 aliphatic rings. The number of anilines is 1. The highest BCUT2D eigenvalue weighted by molar-refractivity contribution is 5.94. The highest BCUT2D eigenvalue weighted by Crippen LogP contribution is 2.48. The number of nitrogens with zero attached hydrogens (tertiary/aromatic N) is 3. The predicted octanol–water partition coefficient (Wildman–Crippen LogP) is 1.76. The van der Waals surface area contributed by atoms with E-state index in [0.29, 0.717) is 11.6 Å². The lowest BCUT2D eigenvalue weighted by Gasteiger charge is -2.20. The van der Waals surface area contributed by atoms with Gasteiger partial charge >= 0.3 is 0 Å². The zero-order chi connectivity index (χ0) is 17.2. The number of hydrogen-bond donors (Lipinski definition) is 2. The van der Waals surface area contributed by atoms with Gasteiger partial charge in [0.05, 0.1) is 12.2 Å². The molecule has 7 nitrogen and oxygen atoms in total. The molecule has 0 aliphatic heterocycles. The molecule has 1 heterocycles. The Morgan fingerprint density at radius 1 is 1.16 bits per heavy atom. The van der Waals surface area contributed by atoms with Crippen LogP contribution < -0.4 is 10.6 Å². The van der Waals surface area contributed by atoms with Gasteiger partial charge in [-0.2, -0.15) is 5.10 Å². The summed E-state index contributed by atoms with van der Waals surface area (Å²) in [6.45, 7) is 0.0115. The van der Waals surface area contributed by atoms with E-state index >= 15 is 0 Å². The number of fused-ring (bicyclic) bond motifs is 2. The van der Waals surface area contributed by atoms with Crippen molar-refractivity contribution in [1.82, 2.24) is 20.1 Å². The van der Waals surface area contributed by atoms with Gasteiger partial charge in [0.1, 0.15) is 12.7 Å². The van der Waals surface area contributed by atoms with Gasteiger partial charge in [0.2, 0.25) is 11.8 Å². The molecule has 0 radical (unpaired) electrons. The second-order valence-corrected chi connectivity index (χ2v) is 6.93. The van der Waals surface area contributed by atoms with E-state index < -0.39 is 0 Å². The van der Waals surface area contributed by atoms with E-state index in [1.165, 1.54) is 19.2 Å². The first-order valence-corrected chi connectivity index (χ1v) is 8.71. The van der Waals surface area contributed by atoms with Crippen molar-refractivity contribution in [3.63, 3.8) is 0 Å². The van der Waals surface area contributed by atoms with Gasteiger partial charge in [0.25, 0.3) is 0 Å². The molecule has 0 spiro atoms. The van der Waals surface area contributed by atoms with E-state index in [-0.39, 0.29) is 24.3 Å². The van der Waals surface area contributed by atoms with Crippen LogP contribution in [-0.2, 0) is 9.59 Å². The Morgan fingerprint density at radius 2 is 2.00 bits per heavy atom. The summed E-state index contributed by atoms with van der Waals surface area (Å²) in [5.74, 6) is 1.16. The van der Waals surface area contributed by atoms with Crippen LogP contribution in [0.4, 0.5) is 5.69 Å². The zero-order valence-corrected chi connectivity index (χ0v) is 13.9. The van der Waals surface area contributed by atoms with Gasteiger partial charge in [0.15, 0.2) is 0 Å². The largest absolute Gasteiger partial charge is 0.347 e. The van der Waals surface area contributed by atoms with Crippen molar-refractivity contribution in [1.29, 1.82) is 0 Å². The third-order valence-electron chi connectivity index (χ3n) is 5.33. The lowest BCUT2D eigenvalue weighted by atomic mass is 9.88. The number of rotatable bonds is 5. The van der Waals surface area contributed by atoms with E-state index in [9.17, 15) is 9.59 Å². The molecule has 2 saturated carbocycles. The van der Waals surface area contributed by atoms with Gasteiger partial charge < -0.3 is 10.6 Å². The summed E-state index contributed by atoms with van der Waals surface area (Å²) in [4.78, 5) is 28.2. The molecule has 3 atom stereocenters. The van der Waals surface area contributed by atoms with Crippen molar-refractivity contribution in [2.45, 2.75) is 25.7 Å². The average Bonchev–Trinajstić information content (AvgIpc) is 3.37. The van der Waals surface area contributed by atoms with Gasteiger partial charge in [0, 0.05) is 11.6 Å². The number of amides is 2. The van der Waals surface area contributed by atoms with Crippen LogP contribution in [0.1, 0.15) is 25.7 Å². The molecule has 1 aromatic heterocycles. The number of hydrogen-bond acceptors (Lipinski definition) is 4. The van der Waals surface area contributed by atoms with E-state index in [1.807, 2.05) is 12.1 Å². The minimum Gasteiger partial charge on any atom is -0.347 e. The highest BCUT2D eigenvalue weighted by Gasteiger charge is 2.42. The minimum atomic E-state index is -0.218. The first-order valence-electron chi connectivity index (χ1n) is 8.71. The summed E-state index contributed by atoms with van der Waals surface area (Å²) in [5, 5.41) is 9.64. The number of aromatic nitrogens is 3. The third-order valence-corrected chi connectivity index (χ3v) is 5.33. The Balaban J connectivity index is 1.27. The first kappa shape index (κ1) is 15.8. The van der Waals surface area contributed by atoms with Crippen molar-refractivity contribution in [2.24, 2.45) is 17.8 Å². The summed E-state index contributed by atoms with van der Waals surface area (Å²) in [7, 11) is 0. The van der Waals surface area contributed by atoms with Gasteiger partial charge in [-0.3, -0.25) is 9.59 Å². The maximum atomic E-state index is 12.3. The molecular weight excluding hydrogens is 318 g/mol. The summed E-state index contributed by atoms with van der Waals surface area (Å²) >= 11 is 0. The smallest absolute Gasteiger partial charge is 0.243 e. The lowest BCUT2D eigenvalue weighted by molar-refractivity contribution is -0.128. The van der Waals surface area contributed by atoms with E-state index in [1.54, 1.807) is 23.1 Å². The third kappa shape index (κ3) is 3.40. The highest BCUT2D eigenvalue weighted by atomic mass is 16.2. The number of carbonyl (C=O) groups excluding carboxylic acids is 2. The standard InChI is InChI=1S/C18H21N5O2/c24-17(9-20-18(25)16-8-12-1-2-13(16)7-12)22-14-3-5-15(6-4-14)23-11-19-10-21-23/h3-6,10-13,16H,1-2,7-9H2,(H,20,25)(H,22,24). The molecule has 0 saturated heterocycles. The summed E-state index contributed by atoms with van der Waals surface area (Å²) in [6, 6.07) is 7.29. The Labute approximate surface area is 145 Å². The molecule has 2 aromatic rings. The van der Waals surface area contributed by atoms with Gasteiger partial charge in [-0.15, -0.1) is 0 Å². The fourth-order valence-electron chi connectivity index (χ4n) is 4.11. The molecule has 2 fully saturated rings. The molecule has 2 aliphatic carbocycles. The van der Waals surface area contributed by atoms with E-state index in [2.05, 4.69) is 20.7 Å². The molecule has 4 rings (SSSR count). The molecule has 7 heteroatoms. The minimum absolute atomic E-state index is 0.0115. The molecule has 130 valence electrons. The van der Waals surface area contributed by atoms with Crippen molar-refractivity contribution in [3.05, 3.63) is 36.9 Å². The van der Waals surface area contributed by atoms with Crippen LogP contribution in [0.2, 0.25) is 0 Å². The van der Waals surface area contributed by atoms with Crippen LogP contribution in [-0.4, -0.2) is 33.1 Å². The average molecular weight is 339 g/mol. The van der Waals surface area contributed by atoms with E-state index in [0.717, 1.165) is 24.4 Å². The first-order chi connectivity index (χ1) is 12.2. The molecule has 1 aromatic carbocycles. The summed E-state index contributed by atoms with van der Waals surface area (Å²) in [6.07, 6.45) is 7.67. The molecule has 2 amide bonds. The van der Waals surface area contributed by atoms with Crippen LogP contribution >= 0.6 is 0 Å². The van der Waals surface area contributed by atoms with Crippen LogP contribution in [0.25, 0.3) is 5.69 Å². The molecule has 2 bridgehead atoms. The Bertz CT molecular complexity index is 756. The van der Waals surface area contributed by atoms with Gasteiger partial charge in [-0.25, -0.2) is 9.67 Å². The topological polar surface area (TPSA) is 88.9 Å². The van der Waals surface area contributed by atoms with Crippen LogP contribution in [0.3, 0.4) is 0 Å². The summed E-state index contributed by atoms with van der Waals surface area (Å²) < 4.78 is 1.64. The number of nitrogens with one attached hydrogen (secondary N) is 2. The second-order valence-electron chi connectivity index (χ2n) is 6.93. The molecule has 3 unspecified atom stereocenters. The van der Waals surface area contributed by atoms with Crippen molar-refractivity contribution in [2.75, 3.05) is 11.9 Å². The monoisotopic (exact) mass is 339 g/mol. The number of carbonyl (C=O) groups is 2. The lowest BCUT2D eigenvalue weighted by Crippen LogP contribution is -2.38.